The zero-order chi connectivity index (χ0) is 26.1. The maximum absolute atomic E-state index is 14.3. The van der Waals surface area contributed by atoms with E-state index in [9.17, 15) is 9.18 Å². The summed E-state index contributed by atoms with van der Waals surface area (Å²) in [5.74, 6) is 0.634. The van der Waals surface area contributed by atoms with Crippen molar-refractivity contribution in [2.45, 2.75) is 52.5 Å². The molecule has 0 bridgehead atoms. The Kier molecular flexibility index (Phi) is 7.63. The number of amides is 1. The van der Waals surface area contributed by atoms with Crippen LogP contribution in [0.4, 0.5) is 4.39 Å². The Bertz CT molecular complexity index is 1260. The minimum Gasteiger partial charge on any atom is -0.381 e. The number of rotatable bonds is 7. The molecule has 2 saturated heterocycles. The zero-order valence-corrected chi connectivity index (χ0v) is 22.5. The van der Waals surface area contributed by atoms with Crippen molar-refractivity contribution in [3.63, 3.8) is 0 Å². The number of pyridine rings is 1. The molecule has 37 heavy (non-hydrogen) atoms. The first kappa shape index (κ1) is 25.9. The highest BCUT2D eigenvalue weighted by atomic mass is 19.1. The predicted octanol–water partition coefficient (Wildman–Crippen LogP) is 5.24. The van der Waals surface area contributed by atoms with Gasteiger partial charge in [-0.3, -0.25) is 9.78 Å². The van der Waals surface area contributed by atoms with Crippen LogP contribution in [0.2, 0.25) is 0 Å². The third-order valence-electron chi connectivity index (χ3n) is 8.17. The molecule has 5 rings (SSSR count). The molecule has 1 amide bonds. The Morgan fingerprint density at radius 3 is 2.84 bits per heavy atom. The van der Waals surface area contributed by atoms with Crippen LogP contribution < -0.4 is 0 Å². The molecule has 7 heteroatoms. The highest BCUT2D eigenvalue weighted by Crippen LogP contribution is 2.33. The number of carbonyl (C=O) groups excluding carboxylic acids is 1. The number of aromatic nitrogens is 2. The summed E-state index contributed by atoms with van der Waals surface area (Å²) in [7, 11) is 1.76. The number of benzene rings is 1. The number of halogens is 1. The van der Waals surface area contributed by atoms with Crippen LogP contribution in [0.1, 0.15) is 54.6 Å². The van der Waals surface area contributed by atoms with E-state index in [1.807, 2.05) is 30.8 Å². The Morgan fingerprint density at radius 2 is 2.08 bits per heavy atom. The molecule has 3 aromatic rings. The van der Waals surface area contributed by atoms with Crippen molar-refractivity contribution < 1.29 is 13.9 Å². The van der Waals surface area contributed by atoms with Crippen LogP contribution in [0.15, 0.2) is 36.8 Å². The second-order valence-electron chi connectivity index (χ2n) is 11.2. The van der Waals surface area contributed by atoms with E-state index in [0.717, 1.165) is 50.3 Å². The molecule has 0 radical (unpaired) electrons. The number of ether oxygens (including phenoxy) is 1. The molecule has 0 N–H and O–H groups in total. The smallest absolute Gasteiger partial charge is 0.256 e. The van der Waals surface area contributed by atoms with E-state index in [1.165, 1.54) is 42.3 Å². The van der Waals surface area contributed by atoms with Gasteiger partial charge in [0.2, 0.25) is 0 Å². The van der Waals surface area contributed by atoms with Crippen molar-refractivity contribution in [2.24, 2.45) is 11.8 Å². The van der Waals surface area contributed by atoms with Crippen LogP contribution >= 0.6 is 0 Å². The van der Waals surface area contributed by atoms with E-state index >= 15 is 0 Å². The fourth-order valence-corrected chi connectivity index (χ4v) is 5.98. The van der Waals surface area contributed by atoms with Crippen molar-refractivity contribution in [1.82, 2.24) is 19.4 Å². The van der Waals surface area contributed by atoms with Crippen LogP contribution in [0, 0.1) is 24.6 Å². The summed E-state index contributed by atoms with van der Waals surface area (Å²) < 4.78 is 22.1. The molecule has 2 aliphatic rings. The number of likely N-dealkylation sites (tertiary alicyclic amines) is 1. The van der Waals surface area contributed by atoms with E-state index in [1.54, 1.807) is 18.0 Å². The van der Waals surface area contributed by atoms with Crippen molar-refractivity contribution in [3.8, 4) is 5.69 Å². The van der Waals surface area contributed by atoms with Gasteiger partial charge < -0.3 is 19.1 Å². The molecular formula is C30H39FN4O2. The van der Waals surface area contributed by atoms with E-state index in [2.05, 4.69) is 23.0 Å². The SMILES string of the molecule is Cc1cncc2c1c(C[C@@H]1CCN(CC3CCCOC3)C1)cn2-c1ccc(F)cc1C(=O)N(C)C(C)C. The third kappa shape index (κ3) is 5.43. The van der Waals surface area contributed by atoms with Gasteiger partial charge in [-0.15, -0.1) is 0 Å². The number of hydrogen-bond acceptors (Lipinski definition) is 4. The second-order valence-corrected chi connectivity index (χ2v) is 11.2. The molecule has 6 nitrogen and oxygen atoms in total. The normalized spacial score (nSPS) is 20.7. The van der Waals surface area contributed by atoms with Crippen molar-refractivity contribution >= 4 is 16.8 Å². The summed E-state index contributed by atoms with van der Waals surface area (Å²) in [5.41, 5.74) is 4.39. The average molecular weight is 507 g/mol. The Balaban J connectivity index is 1.45. The van der Waals surface area contributed by atoms with Gasteiger partial charge in [0.25, 0.3) is 5.91 Å². The number of carbonyl (C=O) groups is 1. The van der Waals surface area contributed by atoms with Gasteiger partial charge in [-0.2, -0.15) is 0 Å². The van der Waals surface area contributed by atoms with Gasteiger partial charge in [0, 0.05) is 50.6 Å². The standard InChI is InChI=1S/C30H39FN4O2/c1-20(2)33(4)30(36)26-13-25(31)7-8-27(26)35-18-24(29-21(3)14-32-15-28(29)35)12-22-9-10-34(16-22)17-23-6-5-11-37-19-23/h7-8,13-15,18,20,22-23H,5-6,9-12,16-17,19H2,1-4H3/t22-,23?/m0/s1. The highest BCUT2D eigenvalue weighted by Gasteiger charge is 2.28. The number of aryl methyl sites for hydroxylation is 1. The molecule has 2 atom stereocenters. The van der Waals surface area contributed by atoms with Crippen LogP contribution in [0.25, 0.3) is 16.6 Å². The van der Waals surface area contributed by atoms with Crippen molar-refractivity contribution in [1.29, 1.82) is 0 Å². The summed E-state index contributed by atoms with van der Waals surface area (Å²) in [6, 6.07) is 4.51. The molecule has 1 aromatic carbocycles. The summed E-state index contributed by atoms with van der Waals surface area (Å²) in [6.45, 7) is 11.2. The predicted molar refractivity (Wildman–Crippen MR) is 145 cm³/mol. The van der Waals surface area contributed by atoms with Gasteiger partial charge in [0.1, 0.15) is 5.82 Å². The quantitative estimate of drug-likeness (QED) is 0.440. The second kappa shape index (κ2) is 10.9. The van der Waals surface area contributed by atoms with Crippen LogP contribution in [-0.2, 0) is 11.2 Å². The van der Waals surface area contributed by atoms with Crippen LogP contribution in [0.3, 0.4) is 0 Å². The maximum atomic E-state index is 14.3. The fraction of sp³-hybridized carbons (Fsp3) is 0.533. The third-order valence-corrected chi connectivity index (χ3v) is 8.17. The Hall–Kier alpha value is -2.77. The van der Waals surface area contributed by atoms with Crippen LogP contribution in [-0.4, -0.2) is 71.2 Å². The lowest BCUT2D eigenvalue weighted by molar-refractivity contribution is 0.0413. The van der Waals surface area contributed by atoms with Gasteiger partial charge in [-0.25, -0.2) is 4.39 Å². The highest BCUT2D eigenvalue weighted by molar-refractivity contribution is 5.99. The Morgan fingerprint density at radius 1 is 1.24 bits per heavy atom. The van der Waals surface area contributed by atoms with Crippen molar-refractivity contribution in [3.05, 3.63) is 59.3 Å². The van der Waals surface area contributed by atoms with Crippen molar-refractivity contribution in [2.75, 3.05) is 39.9 Å². The first-order chi connectivity index (χ1) is 17.8. The van der Waals surface area contributed by atoms with Gasteiger partial charge >= 0.3 is 0 Å². The molecule has 4 heterocycles. The molecule has 198 valence electrons. The number of hydrogen-bond donors (Lipinski definition) is 0. The molecule has 1 unspecified atom stereocenters. The summed E-state index contributed by atoms with van der Waals surface area (Å²) in [4.78, 5) is 22.1. The summed E-state index contributed by atoms with van der Waals surface area (Å²) in [6.07, 6.45) is 10.5. The topological polar surface area (TPSA) is 50.6 Å². The lowest BCUT2D eigenvalue weighted by atomic mass is 9.97. The monoisotopic (exact) mass is 506 g/mol. The maximum Gasteiger partial charge on any atom is 0.256 e. The molecule has 0 aliphatic carbocycles. The minimum absolute atomic E-state index is 0.00924. The first-order valence-electron chi connectivity index (χ1n) is 13.6. The van der Waals surface area contributed by atoms with Gasteiger partial charge in [-0.1, -0.05) is 0 Å². The average Bonchev–Trinajstić information content (AvgIpc) is 3.48. The van der Waals surface area contributed by atoms with Gasteiger partial charge in [-0.05, 0) is 94.2 Å². The molecule has 2 fully saturated rings. The lowest BCUT2D eigenvalue weighted by Crippen LogP contribution is -2.33. The summed E-state index contributed by atoms with van der Waals surface area (Å²) in [5, 5.41) is 1.19. The fourth-order valence-electron chi connectivity index (χ4n) is 5.98. The van der Waals surface area contributed by atoms with Gasteiger partial charge in [0.05, 0.1) is 29.6 Å². The van der Waals surface area contributed by atoms with Gasteiger partial charge in [0.15, 0.2) is 0 Å². The summed E-state index contributed by atoms with van der Waals surface area (Å²) >= 11 is 0. The van der Waals surface area contributed by atoms with E-state index in [4.69, 9.17) is 4.74 Å². The first-order valence-corrected chi connectivity index (χ1v) is 13.6. The van der Waals surface area contributed by atoms with E-state index < -0.39 is 5.82 Å². The van der Waals surface area contributed by atoms with Crippen LogP contribution in [0.5, 0.6) is 0 Å². The zero-order valence-electron chi connectivity index (χ0n) is 22.5. The Labute approximate surface area is 219 Å². The van der Waals surface area contributed by atoms with E-state index in [-0.39, 0.29) is 11.9 Å². The number of nitrogens with zero attached hydrogens (tertiary/aromatic N) is 4. The molecule has 2 aliphatic heterocycles. The molecular weight excluding hydrogens is 467 g/mol. The molecule has 0 saturated carbocycles. The van der Waals surface area contributed by atoms with E-state index in [0.29, 0.717) is 23.1 Å². The molecule has 0 spiro atoms. The number of fused-ring (bicyclic) bond motifs is 1. The lowest BCUT2D eigenvalue weighted by Gasteiger charge is -2.26. The largest absolute Gasteiger partial charge is 0.381 e. The molecule has 2 aromatic heterocycles. The minimum atomic E-state index is -0.412.